The Labute approximate surface area is 193 Å². The fourth-order valence-electron chi connectivity index (χ4n) is 4.27. The van der Waals surface area contributed by atoms with Gasteiger partial charge in [-0.2, -0.15) is 9.50 Å². The smallest absolute Gasteiger partial charge is 0.254 e. The summed E-state index contributed by atoms with van der Waals surface area (Å²) in [6.07, 6.45) is 4.17. The molecule has 7 heteroatoms. The fourth-order valence-corrected chi connectivity index (χ4v) is 4.27. The van der Waals surface area contributed by atoms with Crippen molar-refractivity contribution in [3.05, 3.63) is 59.3 Å². The van der Waals surface area contributed by atoms with Gasteiger partial charge in [-0.25, -0.2) is 4.98 Å². The fraction of sp³-hybridized carbons (Fsp3) is 0.346. The molecule has 4 aromatic rings. The van der Waals surface area contributed by atoms with E-state index in [1.165, 1.54) is 11.1 Å². The third-order valence-corrected chi connectivity index (χ3v) is 5.89. The molecular weight excluding hydrogens is 414 g/mol. The Kier molecular flexibility index (Phi) is 5.86. The molecule has 2 aromatic carbocycles. The Bertz CT molecular complexity index is 1280. The first-order valence-corrected chi connectivity index (χ1v) is 11.7. The number of nitrogens with one attached hydrogen (secondary N) is 1. The van der Waals surface area contributed by atoms with Crippen LogP contribution in [-0.4, -0.2) is 32.8 Å². The first-order chi connectivity index (χ1) is 16.2. The minimum Gasteiger partial charge on any atom is -0.494 e. The molecule has 5 rings (SSSR count). The summed E-state index contributed by atoms with van der Waals surface area (Å²) in [6, 6.07) is 14.1. The summed E-state index contributed by atoms with van der Waals surface area (Å²) >= 11 is 0. The maximum atomic E-state index is 5.91. The Morgan fingerprint density at radius 2 is 1.73 bits per heavy atom. The van der Waals surface area contributed by atoms with Crippen LogP contribution < -0.4 is 14.8 Å². The molecule has 1 N–H and O–H groups in total. The van der Waals surface area contributed by atoms with E-state index < -0.39 is 0 Å². The minimum absolute atomic E-state index is 0.577. The summed E-state index contributed by atoms with van der Waals surface area (Å²) in [5.74, 6) is 3.74. The first-order valence-electron chi connectivity index (χ1n) is 11.7. The number of hydrogen-bond donors (Lipinski definition) is 1. The van der Waals surface area contributed by atoms with Crippen molar-refractivity contribution < 1.29 is 9.47 Å². The molecule has 0 fully saturated rings. The molecule has 1 aliphatic rings. The van der Waals surface area contributed by atoms with Crippen molar-refractivity contribution in [1.82, 2.24) is 19.6 Å². The maximum absolute atomic E-state index is 5.91. The Balaban J connectivity index is 1.65. The molecule has 0 aliphatic heterocycles. The van der Waals surface area contributed by atoms with Gasteiger partial charge in [0.05, 0.1) is 24.6 Å². The molecule has 0 saturated carbocycles. The zero-order chi connectivity index (χ0) is 22.8. The molecule has 33 heavy (non-hydrogen) atoms. The van der Waals surface area contributed by atoms with Crippen LogP contribution in [0.4, 0.5) is 11.5 Å². The van der Waals surface area contributed by atoms with E-state index in [2.05, 4.69) is 36.5 Å². The summed E-state index contributed by atoms with van der Waals surface area (Å²) in [6.45, 7) is 7.22. The molecule has 2 aromatic heterocycles. The van der Waals surface area contributed by atoms with Crippen LogP contribution in [0.2, 0.25) is 0 Å². The molecule has 170 valence electrons. The highest BCUT2D eigenvalue weighted by molar-refractivity contribution is 5.70. The molecule has 0 spiro atoms. The third-order valence-electron chi connectivity index (χ3n) is 5.89. The zero-order valence-corrected chi connectivity index (χ0v) is 19.4. The third kappa shape index (κ3) is 4.23. The van der Waals surface area contributed by atoms with E-state index in [1.54, 1.807) is 0 Å². The van der Waals surface area contributed by atoms with E-state index in [-0.39, 0.29) is 0 Å². The first kappa shape index (κ1) is 21.2. The second-order valence-corrected chi connectivity index (χ2v) is 8.25. The zero-order valence-electron chi connectivity index (χ0n) is 19.4. The average molecular weight is 444 g/mol. The van der Waals surface area contributed by atoms with E-state index in [0.29, 0.717) is 24.8 Å². The predicted molar refractivity (Wildman–Crippen MR) is 130 cm³/mol. The quantitative estimate of drug-likeness (QED) is 0.405. The summed E-state index contributed by atoms with van der Waals surface area (Å²) in [4.78, 5) is 9.65. The van der Waals surface area contributed by atoms with Crippen LogP contribution in [0.15, 0.2) is 42.5 Å². The predicted octanol–water partition coefficient (Wildman–Crippen LogP) is 5.52. The van der Waals surface area contributed by atoms with Gasteiger partial charge in [-0.3, -0.25) is 0 Å². The van der Waals surface area contributed by atoms with Gasteiger partial charge >= 0.3 is 0 Å². The van der Waals surface area contributed by atoms with Crippen molar-refractivity contribution in [1.29, 1.82) is 0 Å². The number of anilines is 2. The SMILES string of the molecule is CCOc1ccc(OCC)c(Nc2c3c(nc4nc(-c5ccc(C)cc5)nn24)CCCC3)c1. The van der Waals surface area contributed by atoms with Crippen molar-refractivity contribution in [2.24, 2.45) is 0 Å². The number of nitrogens with zero attached hydrogens (tertiary/aromatic N) is 4. The standard InChI is InChI=1S/C26H29N5O2/c1-4-32-19-14-15-23(33-5-2)22(16-19)27-25-20-8-6-7-9-21(20)28-26-29-24(30-31(25)26)18-12-10-17(3)11-13-18/h10-16,27H,4-9H2,1-3H3. The lowest BCUT2D eigenvalue weighted by Gasteiger charge is -2.21. The molecule has 0 amide bonds. The summed E-state index contributed by atoms with van der Waals surface area (Å²) in [7, 11) is 0. The topological polar surface area (TPSA) is 73.6 Å². The van der Waals surface area contributed by atoms with Crippen molar-refractivity contribution in [3.8, 4) is 22.9 Å². The molecular formula is C26H29N5O2. The number of benzene rings is 2. The van der Waals surface area contributed by atoms with E-state index in [1.807, 2.05) is 36.6 Å². The van der Waals surface area contributed by atoms with Gasteiger partial charge in [-0.05, 0) is 58.6 Å². The van der Waals surface area contributed by atoms with Gasteiger partial charge < -0.3 is 14.8 Å². The van der Waals surface area contributed by atoms with Gasteiger partial charge in [0.2, 0.25) is 0 Å². The number of rotatable bonds is 7. The van der Waals surface area contributed by atoms with E-state index in [0.717, 1.165) is 59.9 Å². The van der Waals surface area contributed by atoms with Gasteiger partial charge in [-0.15, -0.1) is 5.10 Å². The van der Waals surface area contributed by atoms with Crippen molar-refractivity contribution >= 4 is 17.3 Å². The van der Waals surface area contributed by atoms with Crippen molar-refractivity contribution in [2.45, 2.75) is 46.5 Å². The number of fused-ring (bicyclic) bond motifs is 2. The summed E-state index contributed by atoms with van der Waals surface area (Å²) < 4.78 is 13.5. The van der Waals surface area contributed by atoms with Crippen LogP contribution in [0, 0.1) is 6.92 Å². The summed E-state index contributed by atoms with van der Waals surface area (Å²) in [5.41, 5.74) is 5.31. The maximum Gasteiger partial charge on any atom is 0.254 e. The van der Waals surface area contributed by atoms with Gasteiger partial charge in [0.25, 0.3) is 5.78 Å². The van der Waals surface area contributed by atoms with Gasteiger partial charge in [0, 0.05) is 17.2 Å². The van der Waals surface area contributed by atoms with Crippen molar-refractivity contribution in [2.75, 3.05) is 18.5 Å². The van der Waals surface area contributed by atoms with Crippen LogP contribution >= 0.6 is 0 Å². The Hall–Kier alpha value is -3.61. The van der Waals surface area contributed by atoms with Crippen LogP contribution in [0.25, 0.3) is 17.2 Å². The van der Waals surface area contributed by atoms with Crippen LogP contribution in [0.3, 0.4) is 0 Å². The molecule has 0 bridgehead atoms. The normalized spacial score (nSPS) is 13.1. The van der Waals surface area contributed by atoms with Crippen LogP contribution in [0.5, 0.6) is 11.5 Å². The van der Waals surface area contributed by atoms with Gasteiger partial charge in [0.15, 0.2) is 5.82 Å². The highest BCUT2D eigenvalue weighted by Crippen LogP contribution is 2.35. The second-order valence-electron chi connectivity index (χ2n) is 8.25. The number of ether oxygens (including phenoxy) is 2. The van der Waals surface area contributed by atoms with E-state index >= 15 is 0 Å². The molecule has 0 radical (unpaired) electrons. The van der Waals surface area contributed by atoms with E-state index in [4.69, 9.17) is 24.5 Å². The van der Waals surface area contributed by atoms with Gasteiger partial charge in [-0.1, -0.05) is 29.8 Å². The van der Waals surface area contributed by atoms with Crippen LogP contribution in [-0.2, 0) is 12.8 Å². The molecule has 1 aliphatic carbocycles. The number of aromatic nitrogens is 4. The molecule has 0 unspecified atom stereocenters. The largest absolute Gasteiger partial charge is 0.494 e. The van der Waals surface area contributed by atoms with E-state index in [9.17, 15) is 0 Å². The van der Waals surface area contributed by atoms with Gasteiger partial charge in [0.1, 0.15) is 17.3 Å². The molecule has 2 heterocycles. The lowest BCUT2D eigenvalue weighted by Crippen LogP contribution is -2.14. The molecule has 0 saturated heterocycles. The number of hydrogen-bond acceptors (Lipinski definition) is 6. The Morgan fingerprint density at radius 1 is 0.939 bits per heavy atom. The lowest BCUT2D eigenvalue weighted by atomic mass is 9.96. The molecule has 0 atom stereocenters. The van der Waals surface area contributed by atoms with Crippen LogP contribution in [0.1, 0.15) is 43.5 Å². The van der Waals surface area contributed by atoms with Crippen molar-refractivity contribution in [3.63, 3.8) is 0 Å². The monoisotopic (exact) mass is 443 g/mol. The number of aryl methyl sites for hydroxylation is 2. The average Bonchev–Trinajstić information content (AvgIpc) is 3.25. The molecule has 7 nitrogen and oxygen atoms in total. The highest BCUT2D eigenvalue weighted by Gasteiger charge is 2.22. The summed E-state index contributed by atoms with van der Waals surface area (Å²) in [5, 5.41) is 8.48. The second kappa shape index (κ2) is 9.10. The highest BCUT2D eigenvalue weighted by atomic mass is 16.5. The Morgan fingerprint density at radius 3 is 2.52 bits per heavy atom. The minimum atomic E-state index is 0.577. The lowest BCUT2D eigenvalue weighted by molar-refractivity contribution is 0.332.